The number of furan rings is 1. The predicted molar refractivity (Wildman–Crippen MR) is 65.5 cm³/mol. The summed E-state index contributed by atoms with van der Waals surface area (Å²) in [5.41, 5.74) is 0.480. The number of halogens is 2. The summed E-state index contributed by atoms with van der Waals surface area (Å²) in [6.45, 7) is 1.95. The largest absolute Gasteiger partial charge is 0.451 e. The van der Waals surface area contributed by atoms with Crippen molar-refractivity contribution in [3.05, 3.63) is 34.0 Å². The maximum atomic E-state index is 11.6. The first-order valence-electron chi connectivity index (χ1n) is 5.04. The number of ketones is 1. The van der Waals surface area contributed by atoms with E-state index >= 15 is 0 Å². The number of carbonyl (C=O) groups excluding carboxylic acids is 1. The number of benzene rings is 1. The lowest BCUT2D eigenvalue weighted by Gasteiger charge is -1.95. The molecule has 1 aromatic carbocycles. The lowest BCUT2D eigenvalue weighted by atomic mass is 10.2. The van der Waals surface area contributed by atoms with Gasteiger partial charge in [0.1, 0.15) is 5.02 Å². The van der Waals surface area contributed by atoms with Crippen molar-refractivity contribution < 1.29 is 9.21 Å². The molecule has 0 saturated heterocycles. The summed E-state index contributed by atoms with van der Waals surface area (Å²) in [6, 6.07) is 5.18. The van der Waals surface area contributed by atoms with Gasteiger partial charge in [-0.25, -0.2) is 0 Å². The second-order valence-corrected chi connectivity index (χ2v) is 4.35. The van der Waals surface area contributed by atoms with E-state index in [1.807, 2.05) is 6.92 Å². The van der Waals surface area contributed by atoms with E-state index in [1.54, 1.807) is 18.2 Å². The van der Waals surface area contributed by atoms with Crippen molar-refractivity contribution in [1.29, 1.82) is 0 Å². The van der Waals surface area contributed by atoms with Crippen molar-refractivity contribution >= 4 is 40.0 Å². The van der Waals surface area contributed by atoms with E-state index in [-0.39, 0.29) is 5.78 Å². The molecule has 2 aromatic rings. The van der Waals surface area contributed by atoms with Crippen molar-refractivity contribution in [2.45, 2.75) is 19.8 Å². The van der Waals surface area contributed by atoms with E-state index in [0.29, 0.717) is 27.8 Å². The Hall–Kier alpha value is -0.990. The monoisotopic (exact) mass is 256 g/mol. The smallest absolute Gasteiger partial charge is 0.198 e. The van der Waals surface area contributed by atoms with Crippen LogP contribution in [-0.2, 0) is 0 Å². The third-order valence-electron chi connectivity index (χ3n) is 2.33. The molecule has 0 saturated carbocycles. The van der Waals surface area contributed by atoms with Crippen LogP contribution in [0.5, 0.6) is 0 Å². The molecule has 0 N–H and O–H groups in total. The molecule has 0 aliphatic rings. The second-order valence-electron chi connectivity index (χ2n) is 3.56. The van der Waals surface area contributed by atoms with Gasteiger partial charge in [-0.1, -0.05) is 30.1 Å². The first kappa shape index (κ1) is 11.5. The molecule has 1 heterocycles. The Morgan fingerprint density at radius 2 is 2.12 bits per heavy atom. The Morgan fingerprint density at radius 3 is 2.81 bits per heavy atom. The highest BCUT2D eigenvalue weighted by atomic mass is 35.5. The zero-order chi connectivity index (χ0) is 11.7. The van der Waals surface area contributed by atoms with Gasteiger partial charge in [0.05, 0.1) is 5.02 Å². The molecule has 16 heavy (non-hydrogen) atoms. The molecule has 0 bridgehead atoms. The first-order chi connectivity index (χ1) is 7.63. The normalized spacial score (nSPS) is 10.9. The minimum atomic E-state index is -0.00844. The summed E-state index contributed by atoms with van der Waals surface area (Å²) in [6.07, 6.45) is 1.27. The molecule has 2 nitrogen and oxygen atoms in total. The van der Waals surface area contributed by atoms with Crippen LogP contribution in [0.3, 0.4) is 0 Å². The minimum absolute atomic E-state index is 0.00844. The van der Waals surface area contributed by atoms with Crippen LogP contribution < -0.4 is 0 Å². The number of rotatable bonds is 3. The third kappa shape index (κ3) is 1.95. The van der Waals surface area contributed by atoms with E-state index in [2.05, 4.69) is 0 Å². The van der Waals surface area contributed by atoms with Gasteiger partial charge < -0.3 is 4.42 Å². The van der Waals surface area contributed by atoms with Crippen LogP contribution in [-0.4, -0.2) is 5.78 Å². The molecule has 0 unspecified atom stereocenters. The molecule has 0 fully saturated rings. The summed E-state index contributed by atoms with van der Waals surface area (Å²) >= 11 is 11.8. The average molecular weight is 257 g/mol. The fourth-order valence-electron chi connectivity index (χ4n) is 1.53. The van der Waals surface area contributed by atoms with Crippen LogP contribution >= 0.6 is 23.2 Å². The number of fused-ring (bicyclic) bond motifs is 1. The predicted octanol–water partition coefficient (Wildman–Crippen LogP) is 4.72. The Bertz CT molecular complexity index is 543. The van der Waals surface area contributed by atoms with Crippen molar-refractivity contribution in [3.63, 3.8) is 0 Å². The molecule has 4 heteroatoms. The molecular formula is C12H10Cl2O2. The Balaban J connectivity index is 2.52. The summed E-state index contributed by atoms with van der Waals surface area (Å²) in [5.74, 6) is 0.340. The van der Waals surface area contributed by atoms with Gasteiger partial charge in [-0.05, 0) is 24.6 Å². The topological polar surface area (TPSA) is 30.2 Å². The van der Waals surface area contributed by atoms with Gasteiger partial charge in [-0.15, -0.1) is 0 Å². The number of carbonyl (C=O) groups is 1. The quantitative estimate of drug-likeness (QED) is 0.744. The minimum Gasteiger partial charge on any atom is -0.451 e. The molecule has 1 aromatic heterocycles. The van der Waals surface area contributed by atoms with Gasteiger partial charge in [0, 0.05) is 11.8 Å². The highest BCUT2D eigenvalue weighted by molar-refractivity contribution is 6.44. The molecule has 84 valence electrons. The van der Waals surface area contributed by atoms with Crippen molar-refractivity contribution in [2.75, 3.05) is 0 Å². The van der Waals surface area contributed by atoms with Crippen LogP contribution in [0.1, 0.15) is 30.3 Å². The van der Waals surface area contributed by atoms with E-state index in [0.717, 1.165) is 11.8 Å². The maximum Gasteiger partial charge on any atom is 0.198 e. The van der Waals surface area contributed by atoms with Gasteiger partial charge in [-0.2, -0.15) is 0 Å². The average Bonchev–Trinajstić information content (AvgIpc) is 2.69. The fourth-order valence-corrected chi connectivity index (χ4v) is 1.89. The van der Waals surface area contributed by atoms with Crippen LogP contribution in [0.15, 0.2) is 22.6 Å². The highest BCUT2D eigenvalue weighted by Gasteiger charge is 2.14. The second kappa shape index (κ2) is 4.48. The summed E-state index contributed by atoms with van der Waals surface area (Å²) < 4.78 is 5.43. The number of hydrogen-bond acceptors (Lipinski definition) is 2. The molecule has 0 aliphatic carbocycles. The number of Topliss-reactive ketones (excluding diaryl/α,β-unsaturated/α-hetero) is 1. The zero-order valence-corrected chi connectivity index (χ0v) is 10.2. The first-order valence-corrected chi connectivity index (χ1v) is 5.79. The molecular weight excluding hydrogens is 247 g/mol. The van der Waals surface area contributed by atoms with Crippen LogP contribution in [0.4, 0.5) is 0 Å². The Morgan fingerprint density at radius 1 is 1.38 bits per heavy atom. The van der Waals surface area contributed by atoms with E-state index in [4.69, 9.17) is 27.6 Å². The third-order valence-corrected chi connectivity index (χ3v) is 3.12. The van der Waals surface area contributed by atoms with Crippen LogP contribution in [0, 0.1) is 0 Å². The van der Waals surface area contributed by atoms with Gasteiger partial charge in [-0.3, -0.25) is 4.79 Å². The Labute approximate surface area is 103 Å². The van der Waals surface area contributed by atoms with Gasteiger partial charge in [0.15, 0.2) is 17.1 Å². The van der Waals surface area contributed by atoms with E-state index in [1.165, 1.54) is 0 Å². The Kier molecular flexibility index (Phi) is 3.22. The van der Waals surface area contributed by atoms with E-state index in [9.17, 15) is 4.79 Å². The van der Waals surface area contributed by atoms with Gasteiger partial charge >= 0.3 is 0 Å². The van der Waals surface area contributed by atoms with Gasteiger partial charge in [0.25, 0.3) is 0 Å². The lowest BCUT2D eigenvalue weighted by molar-refractivity contribution is 0.0957. The molecule has 0 aliphatic heterocycles. The molecule has 0 atom stereocenters. The fraction of sp³-hybridized carbons (Fsp3) is 0.250. The summed E-state index contributed by atoms with van der Waals surface area (Å²) in [7, 11) is 0. The lowest BCUT2D eigenvalue weighted by Crippen LogP contribution is -1.94. The van der Waals surface area contributed by atoms with Crippen molar-refractivity contribution in [1.82, 2.24) is 0 Å². The SMILES string of the molecule is CCCC(=O)c1cc2ccc(Cl)c(Cl)c2o1. The van der Waals surface area contributed by atoms with Gasteiger partial charge in [0.2, 0.25) is 0 Å². The zero-order valence-electron chi connectivity index (χ0n) is 8.72. The standard InChI is InChI=1S/C12H10Cl2O2/c1-2-3-9(15)10-6-7-4-5-8(13)11(14)12(7)16-10/h4-6H,2-3H2,1H3. The molecule has 0 amide bonds. The highest BCUT2D eigenvalue weighted by Crippen LogP contribution is 2.33. The van der Waals surface area contributed by atoms with Crippen LogP contribution in [0.2, 0.25) is 10.0 Å². The molecule has 0 spiro atoms. The van der Waals surface area contributed by atoms with E-state index < -0.39 is 0 Å². The van der Waals surface area contributed by atoms with Crippen LogP contribution in [0.25, 0.3) is 11.0 Å². The maximum absolute atomic E-state index is 11.6. The van der Waals surface area contributed by atoms with Crippen molar-refractivity contribution in [3.8, 4) is 0 Å². The van der Waals surface area contributed by atoms with Crippen molar-refractivity contribution in [2.24, 2.45) is 0 Å². The summed E-state index contributed by atoms with van der Waals surface area (Å²) in [5, 5.41) is 1.58. The summed E-state index contributed by atoms with van der Waals surface area (Å²) in [4.78, 5) is 11.6. The molecule has 0 radical (unpaired) electrons. The molecule has 2 rings (SSSR count). The number of hydrogen-bond donors (Lipinski definition) is 0.